The third kappa shape index (κ3) is 5.90. The number of aliphatic imine (C=N–C) groups is 1. The van der Waals surface area contributed by atoms with Gasteiger partial charge in [-0.15, -0.1) is 24.0 Å². The molecule has 1 aromatic rings. The first-order valence-corrected chi connectivity index (χ1v) is 11.7. The van der Waals surface area contributed by atoms with Crippen molar-refractivity contribution in [3.05, 3.63) is 35.6 Å². The molecule has 1 aromatic carbocycles. The number of guanidine groups is 1. The van der Waals surface area contributed by atoms with Crippen molar-refractivity contribution >= 4 is 29.9 Å². The molecule has 1 saturated carbocycles. The fourth-order valence-corrected chi connectivity index (χ4v) is 5.27. The van der Waals surface area contributed by atoms with E-state index in [2.05, 4.69) is 38.5 Å². The number of nitrogens with zero attached hydrogens (tertiary/aromatic N) is 3. The Kier molecular flexibility index (Phi) is 8.60. The van der Waals surface area contributed by atoms with E-state index in [4.69, 9.17) is 0 Å². The minimum absolute atomic E-state index is 0. The molecule has 2 N–H and O–H groups in total. The van der Waals surface area contributed by atoms with Crippen LogP contribution in [0.2, 0.25) is 0 Å². The molecule has 2 heterocycles. The number of rotatable bonds is 6. The van der Waals surface area contributed by atoms with E-state index in [0.717, 1.165) is 50.5 Å². The zero-order valence-corrected chi connectivity index (χ0v) is 21.5. The van der Waals surface area contributed by atoms with Gasteiger partial charge < -0.3 is 15.5 Å². The van der Waals surface area contributed by atoms with Crippen LogP contribution < -0.4 is 10.6 Å². The molecule has 0 aromatic heterocycles. The number of halogens is 2. The average Bonchev–Trinajstić information content (AvgIpc) is 3.57. The van der Waals surface area contributed by atoms with Crippen LogP contribution in [0.1, 0.15) is 50.5 Å². The van der Waals surface area contributed by atoms with Crippen LogP contribution in [0.4, 0.5) is 4.39 Å². The second-order valence-electron chi connectivity index (χ2n) is 9.65. The van der Waals surface area contributed by atoms with Crippen molar-refractivity contribution in [1.82, 2.24) is 20.4 Å². The van der Waals surface area contributed by atoms with Crippen LogP contribution in [0.15, 0.2) is 29.3 Å². The first-order valence-electron chi connectivity index (χ1n) is 11.7. The summed E-state index contributed by atoms with van der Waals surface area (Å²) in [5.41, 5.74) is 1.38. The maximum absolute atomic E-state index is 13.7. The van der Waals surface area contributed by atoms with Crippen molar-refractivity contribution in [2.75, 3.05) is 53.4 Å². The van der Waals surface area contributed by atoms with Crippen molar-refractivity contribution in [1.29, 1.82) is 0 Å². The van der Waals surface area contributed by atoms with Gasteiger partial charge in [-0.25, -0.2) is 4.39 Å². The Morgan fingerprint density at radius 2 is 1.68 bits per heavy atom. The normalized spacial score (nSPS) is 23.6. The molecule has 0 amide bonds. The van der Waals surface area contributed by atoms with Crippen molar-refractivity contribution in [3.63, 3.8) is 0 Å². The zero-order chi connectivity index (χ0) is 21.0. The quantitative estimate of drug-likeness (QED) is 0.327. The smallest absolute Gasteiger partial charge is 0.191 e. The van der Waals surface area contributed by atoms with Crippen LogP contribution in [0.25, 0.3) is 0 Å². The maximum Gasteiger partial charge on any atom is 0.191 e. The minimum atomic E-state index is -0.146. The number of likely N-dealkylation sites (tertiary alicyclic amines) is 2. The lowest BCUT2D eigenvalue weighted by molar-refractivity contribution is 0.0173. The first kappa shape index (κ1) is 24.7. The van der Waals surface area contributed by atoms with Gasteiger partial charge in [0, 0.05) is 31.1 Å². The lowest BCUT2D eigenvalue weighted by Gasteiger charge is -2.50. The Morgan fingerprint density at radius 1 is 1.00 bits per heavy atom. The summed E-state index contributed by atoms with van der Waals surface area (Å²) in [5.74, 6) is 0.722. The molecule has 1 aliphatic carbocycles. The van der Waals surface area contributed by atoms with Crippen LogP contribution in [0, 0.1) is 5.82 Å². The van der Waals surface area contributed by atoms with Gasteiger partial charge in [-0.05, 0) is 89.4 Å². The summed E-state index contributed by atoms with van der Waals surface area (Å²) in [7, 11) is 4.08. The maximum atomic E-state index is 13.7. The molecule has 174 valence electrons. The second-order valence-corrected chi connectivity index (χ2v) is 9.65. The number of nitrogens with one attached hydrogen (secondary N) is 2. The molecular weight excluding hydrogens is 504 g/mol. The van der Waals surface area contributed by atoms with Gasteiger partial charge in [0.1, 0.15) is 5.82 Å². The summed E-state index contributed by atoms with van der Waals surface area (Å²) in [4.78, 5) is 9.70. The topological polar surface area (TPSA) is 42.9 Å². The molecule has 0 spiro atoms. The van der Waals surface area contributed by atoms with Crippen LogP contribution in [0.5, 0.6) is 0 Å². The van der Waals surface area contributed by atoms with E-state index >= 15 is 0 Å². The first-order chi connectivity index (χ1) is 14.6. The Morgan fingerprint density at radius 3 is 2.29 bits per heavy atom. The molecule has 0 unspecified atom stereocenters. The summed E-state index contributed by atoms with van der Waals surface area (Å²) in [6.45, 7) is 6.50. The van der Waals surface area contributed by atoms with Crippen molar-refractivity contribution in [3.8, 4) is 0 Å². The molecule has 2 saturated heterocycles. The van der Waals surface area contributed by atoms with Gasteiger partial charge in [0.05, 0.1) is 0 Å². The van der Waals surface area contributed by atoms with E-state index in [-0.39, 0.29) is 40.7 Å². The van der Waals surface area contributed by atoms with Crippen LogP contribution in [-0.2, 0) is 5.41 Å². The minimum Gasteiger partial charge on any atom is -0.356 e. The third-order valence-electron chi connectivity index (χ3n) is 7.64. The predicted octanol–water partition coefficient (Wildman–Crippen LogP) is 3.59. The molecule has 0 atom stereocenters. The summed E-state index contributed by atoms with van der Waals surface area (Å²) in [6.07, 6.45) is 8.63. The van der Waals surface area contributed by atoms with Gasteiger partial charge >= 0.3 is 0 Å². The monoisotopic (exact) mass is 543 g/mol. The molecule has 4 rings (SSSR count). The van der Waals surface area contributed by atoms with E-state index in [9.17, 15) is 4.39 Å². The number of hydrogen-bond donors (Lipinski definition) is 2. The summed E-state index contributed by atoms with van der Waals surface area (Å²) in [6, 6.07) is 7.09. The molecule has 3 aliphatic rings. The third-order valence-corrected chi connectivity index (χ3v) is 7.64. The van der Waals surface area contributed by atoms with E-state index in [1.165, 1.54) is 51.3 Å². The van der Waals surface area contributed by atoms with Gasteiger partial charge in [0.25, 0.3) is 0 Å². The van der Waals surface area contributed by atoms with Crippen LogP contribution in [-0.4, -0.2) is 74.7 Å². The second kappa shape index (κ2) is 10.8. The summed E-state index contributed by atoms with van der Waals surface area (Å²) < 4.78 is 13.7. The Bertz CT molecular complexity index is 737. The molecule has 31 heavy (non-hydrogen) atoms. The van der Waals surface area contributed by atoms with Gasteiger partial charge in [0.15, 0.2) is 5.96 Å². The average molecular weight is 544 g/mol. The molecule has 2 aliphatic heterocycles. The highest BCUT2D eigenvalue weighted by molar-refractivity contribution is 14.0. The van der Waals surface area contributed by atoms with E-state index < -0.39 is 0 Å². The van der Waals surface area contributed by atoms with Crippen molar-refractivity contribution < 1.29 is 4.39 Å². The van der Waals surface area contributed by atoms with Gasteiger partial charge in [-0.2, -0.15) is 0 Å². The van der Waals surface area contributed by atoms with E-state index in [1.54, 1.807) is 6.07 Å². The molecular formula is C24H39FIN5. The fourth-order valence-electron chi connectivity index (χ4n) is 5.27. The summed E-state index contributed by atoms with van der Waals surface area (Å²) >= 11 is 0. The fraction of sp³-hybridized carbons (Fsp3) is 0.708. The molecule has 7 heteroatoms. The summed E-state index contributed by atoms with van der Waals surface area (Å²) in [5, 5.41) is 7.21. The van der Waals surface area contributed by atoms with Gasteiger partial charge in [0.2, 0.25) is 0 Å². The zero-order valence-electron chi connectivity index (χ0n) is 19.1. The Labute approximate surface area is 204 Å². The predicted molar refractivity (Wildman–Crippen MR) is 137 cm³/mol. The lowest BCUT2D eigenvalue weighted by Crippen LogP contribution is -2.62. The van der Waals surface area contributed by atoms with Crippen molar-refractivity contribution in [2.24, 2.45) is 4.99 Å². The van der Waals surface area contributed by atoms with Crippen LogP contribution in [0.3, 0.4) is 0 Å². The van der Waals surface area contributed by atoms with Crippen LogP contribution >= 0.6 is 24.0 Å². The SMILES string of the molecule is CN=C(NCC1(c2cccc(F)c2)CC1)NCC1(N2CCCCC2)CCN(C)CC1.I. The standard InChI is InChI=1S/C24H38FN5.HI/c1-26-22(27-18-23(9-10-23)20-7-6-8-21(25)17-20)28-19-24(11-15-29(2)16-12-24)30-13-4-3-5-14-30;/h6-8,17H,3-5,9-16,18-19H2,1-2H3,(H2,26,27,28);1H. The lowest BCUT2D eigenvalue weighted by atomic mass is 9.84. The highest BCUT2D eigenvalue weighted by atomic mass is 127. The molecule has 0 bridgehead atoms. The molecule has 0 radical (unpaired) electrons. The number of hydrogen-bond acceptors (Lipinski definition) is 3. The molecule has 3 fully saturated rings. The van der Waals surface area contributed by atoms with Crippen molar-refractivity contribution in [2.45, 2.75) is 55.9 Å². The van der Waals surface area contributed by atoms with E-state index in [1.807, 2.05) is 13.1 Å². The number of piperidine rings is 2. The Balaban J connectivity index is 0.00000272. The largest absolute Gasteiger partial charge is 0.356 e. The van der Waals surface area contributed by atoms with Gasteiger partial charge in [-0.1, -0.05) is 18.6 Å². The Hall–Kier alpha value is -0.930. The highest BCUT2D eigenvalue weighted by Gasteiger charge is 2.44. The molecule has 5 nitrogen and oxygen atoms in total. The van der Waals surface area contributed by atoms with E-state index in [0.29, 0.717) is 0 Å². The van der Waals surface area contributed by atoms with Gasteiger partial charge in [-0.3, -0.25) is 9.89 Å². The number of benzene rings is 1. The highest BCUT2D eigenvalue weighted by Crippen LogP contribution is 2.47.